The van der Waals surface area contributed by atoms with E-state index in [1.807, 2.05) is 12.1 Å². The van der Waals surface area contributed by atoms with Crippen LogP contribution in [0.25, 0.3) is 0 Å². The summed E-state index contributed by atoms with van der Waals surface area (Å²) in [6.07, 6.45) is 0.693. The van der Waals surface area contributed by atoms with Crippen LogP contribution in [0.4, 0.5) is 0 Å². The van der Waals surface area contributed by atoms with Crippen molar-refractivity contribution in [2.24, 2.45) is 0 Å². The van der Waals surface area contributed by atoms with Gasteiger partial charge in [-0.15, -0.1) is 0 Å². The second-order valence-corrected chi connectivity index (χ2v) is 8.19. The summed E-state index contributed by atoms with van der Waals surface area (Å²) < 4.78 is 6.35. The summed E-state index contributed by atoms with van der Waals surface area (Å²) >= 11 is 0. The fraction of sp³-hybridized carbons (Fsp3) is 0.440. The van der Waals surface area contributed by atoms with Gasteiger partial charge in [-0.1, -0.05) is 60.7 Å². The van der Waals surface area contributed by atoms with Crippen molar-refractivity contribution in [1.82, 2.24) is 14.7 Å². The molecule has 0 aromatic heterocycles. The molecule has 2 amide bonds. The first-order chi connectivity index (χ1) is 15.2. The van der Waals surface area contributed by atoms with Crippen LogP contribution in [0.15, 0.2) is 60.7 Å². The van der Waals surface area contributed by atoms with E-state index in [1.165, 1.54) is 16.0 Å². The van der Waals surface area contributed by atoms with Gasteiger partial charge in [-0.3, -0.25) is 24.3 Å². The van der Waals surface area contributed by atoms with Gasteiger partial charge < -0.3 is 4.74 Å². The van der Waals surface area contributed by atoms with Crippen LogP contribution in [-0.2, 0) is 14.3 Å². The molecule has 6 heteroatoms. The largest absolute Gasteiger partial charge is 0.367 e. The molecule has 0 atom stereocenters. The molecular formula is C25H31N3O3. The first-order valence-electron chi connectivity index (χ1n) is 11.2. The van der Waals surface area contributed by atoms with Crippen molar-refractivity contribution >= 4 is 11.8 Å². The average Bonchev–Trinajstić information content (AvgIpc) is 3.14. The van der Waals surface area contributed by atoms with Gasteiger partial charge in [0.05, 0.1) is 6.61 Å². The Hall–Kier alpha value is -2.54. The van der Waals surface area contributed by atoms with Crippen molar-refractivity contribution in [3.05, 3.63) is 71.8 Å². The van der Waals surface area contributed by atoms with Crippen molar-refractivity contribution < 1.29 is 14.3 Å². The number of ether oxygens (including phenoxy) is 1. The van der Waals surface area contributed by atoms with Crippen LogP contribution >= 0.6 is 0 Å². The maximum Gasteiger partial charge on any atom is 0.229 e. The number of nitrogens with zero attached hydrogens (tertiary/aromatic N) is 3. The number of hydrogen-bond donors (Lipinski definition) is 0. The first kappa shape index (κ1) is 21.7. The zero-order valence-corrected chi connectivity index (χ0v) is 18.0. The molecule has 2 aromatic carbocycles. The number of amides is 2. The van der Waals surface area contributed by atoms with Crippen molar-refractivity contribution in [2.75, 3.05) is 52.4 Å². The molecular weight excluding hydrogens is 390 g/mol. The minimum atomic E-state index is -0.0563. The number of hydrogen-bond acceptors (Lipinski definition) is 5. The molecule has 164 valence electrons. The quantitative estimate of drug-likeness (QED) is 0.583. The van der Waals surface area contributed by atoms with Gasteiger partial charge in [0.15, 0.2) is 0 Å². The Labute approximate surface area is 184 Å². The standard InChI is InChI=1S/C25H31N3O3/c29-23-11-12-24(30)28(23)18-17-26-13-15-27(16-14-26)19-20-31-25(21-7-3-1-4-8-21)22-9-5-2-6-10-22/h1-10,25H,11-20H2. The van der Waals surface area contributed by atoms with E-state index in [4.69, 9.17) is 4.74 Å². The maximum atomic E-state index is 11.8. The summed E-state index contributed by atoms with van der Waals surface area (Å²) in [5.74, 6) is -0.0423. The lowest BCUT2D eigenvalue weighted by atomic mass is 10.0. The van der Waals surface area contributed by atoms with Crippen LogP contribution in [0, 0.1) is 0 Å². The number of carbonyl (C=O) groups excluding carboxylic acids is 2. The lowest BCUT2D eigenvalue weighted by Crippen LogP contribution is -2.49. The highest BCUT2D eigenvalue weighted by atomic mass is 16.5. The zero-order chi connectivity index (χ0) is 21.5. The van der Waals surface area contributed by atoms with Gasteiger partial charge in [0.1, 0.15) is 6.10 Å². The highest BCUT2D eigenvalue weighted by molar-refractivity contribution is 6.01. The van der Waals surface area contributed by atoms with E-state index in [0.717, 1.165) is 39.3 Å². The molecule has 2 heterocycles. The summed E-state index contributed by atoms with van der Waals surface area (Å²) in [5, 5.41) is 0. The second kappa shape index (κ2) is 10.7. The molecule has 31 heavy (non-hydrogen) atoms. The van der Waals surface area contributed by atoms with Crippen LogP contribution in [-0.4, -0.2) is 78.9 Å². The Balaban J connectivity index is 1.22. The summed E-state index contributed by atoms with van der Waals surface area (Å²) in [6, 6.07) is 20.7. The lowest BCUT2D eigenvalue weighted by molar-refractivity contribution is -0.138. The van der Waals surface area contributed by atoms with E-state index in [0.29, 0.717) is 26.0 Å². The second-order valence-electron chi connectivity index (χ2n) is 8.19. The summed E-state index contributed by atoms with van der Waals surface area (Å²) in [7, 11) is 0. The predicted molar refractivity (Wildman–Crippen MR) is 120 cm³/mol. The van der Waals surface area contributed by atoms with Crippen molar-refractivity contribution in [1.29, 1.82) is 0 Å². The summed E-state index contributed by atoms with van der Waals surface area (Å²) in [6.45, 7) is 6.73. The van der Waals surface area contributed by atoms with E-state index in [2.05, 4.69) is 58.3 Å². The van der Waals surface area contributed by atoms with Crippen LogP contribution < -0.4 is 0 Å². The average molecular weight is 422 g/mol. The minimum Gasteiger partial charge on any atom is -0.367 e. The highest BCUT2D eigenvalue weighted by Crippen LogP contribution is 2.25. The van der Waals surface area contributed by atoms with E-state index >= 15 is 0 Å². The predicted octanol–water partition coefficient (Wildman–Crippen LogP) is 2.56. The Bertz CT molecular complexity index is 795. The molecule has 2 aromatic rings. The number of rotatable bonds is 9. The molecule has 6 nitrogen and oxygen atoms in total. The SMILES string of the molecule is O=C1CCC(=O)N1CCN1CCN(CCOC(c2ccccc2)c2ccccc2)CC1. The molecule has 2 aliphatic heterocycles. The Morgan fingerprint density at radius 1 is 0.677 bits per heavy atom. The van der Waals surface area contributed by atoms with Gasteiger partial charge in [0.25, 0.3) is 0 Å². The Morgan fingerprint density at radius 2 is 1.16 bits per heavy atom. The van der Waals surface area contributed by atoms with E-state index in [-0.39, 0.29) is 17.9 Å². The van der Waals surface area contributed by atoms with Gasteiger partial charge in [-0.05, 0) is 11.1 Å². The van der Waals surface area contributed by atoms with Gasteiger partial charge in [-0.2, -0.15) is 0 Å². The molecule has 0 radical (unpaired) electrons. The number of likely N-dealkylation sites (tertiary alicyclic amines) is 1. The molecule has 4 rings (SSSR count). The van der Waals surface area contributed by atoms with Gasteiger partial charge in [0.2, 0.25) is 11.8 Å². The van der Waals surface area contributed by atoms with Gasteiger partial charge >= 0.3 is 0 Å². The molecule has 0 saturated carbocycles. The summed E-state index contributed by atoms with van der Waals surface area (Å²) in [5.41, 5.74) is 2.34. The van der Waals surface area contributed by atoms with E-state index < -0.39 is 0 Å². The number of piperazine rings is 1. The van der Waals surface area contributed by atoms with Crippen molar-refractivity contribution in [3.63, 3.8) is 0 Å². The highest BCUT2D eigenvalue weighted by Gasteiger charge is 2.29. The minimum absolute atomic E-state index is 0.0211. The molecule has 0 bridgehead atoms. The number of benzene rings is 2. The van der Waals surface area contributed by atoms with Crippen LogP contribution in [0.2, 0.25) is 0 Å². The van der Waals surface area contributed by atoms with Crippen molar-refractivity contribution in [2.45, 2.75) is 18.9 Å². The monoisotopic (exact) mass is 421 g/mol. The van der Waals surface area contributed by atoms with Crippen LogP contribution in [0.1, 0.15) is 30.1 Å². The molecule has 2 saturated heterocycles. The van der Waals surface area contributed by atoms with E-state index in [1.54, 1.807) is 0 Å². The smallest absolute Gasteiger partial charge is 0.229 e. The molecule has 2 fully saturated rings. The third-order valence-electron chi connectivity index (χ3n) is 6.16. The van der Waals surface area contributed by atoms with Gasteiger partial charge in [-0.25, -0.2) is 0 Å². The first-order valence-corrected chi connectivity index (χ1v) is 11.2. The molecule has 2 aliphatic rings. The molecule has 0 aliphatic carbocycles. The third-order valence-corrected chi connectivity index (χ3v) is 6.16. The fourth-order valence-corrected chi connectivity index (χ4v) is 4.29. The van der Waals surface area contributed by atoms with Crippen molar-refractivity contribution in [3.8, 4) is 0 Å². The van der Waals surface area contributed by atoms with Crippen LogP contribution in [0.5, 0.6) is 0 Å². The van der Waals surface area contributed by atoms with Crippen LogP contribution in [0.3, 0.4) is 0 Å². The lowest BCUT2D eigenvalue weighted by Gasteiger charge is -2.35. The maximum absolute atomic E-state index is 11.8. The Kier molecular flexibility index (Phi) is 7.46. The van der Waals surface area contributed by atoms with E-state index in [9.17, 15) is 9.59 Å². The normalized spacial score (nSPS) is 18.3. The summed E-state index contributed by atoms with van der Waals surface area (Å²) in [4.78, 5) is 29.7. The number of carbonyl (C=O) groups is 2. The van der Waals surface area contributed by atoms with Gasteiger partial charge in [0, 0.05) is 58.7 Å². The molecule has 0 unspecified atom stereocenters. The molecule has 0 spiro atoms. The third kappa shape index (κ3) is 5.79. The number of imide groups is 1. The molecule has 0 N–H and O–H groups in total. The fourth-order valence-electron chi connectivity index (χ4n) is 4.29. The Morgan fingerprint density at radius 3 is 1.68 bits per heavy atom. The zero-order valence-electron chi connectivity index (χ0n) is 18.0. The topological polar surface area (TPSA) is 53.1 Å².